The van der Waals surface area contributed by atoms with E-state index in [2.05, 4.69) is 34.2 Å². The van der Waals surface area contributed by atoms with Crippen LogP contribution in [0.3, 0.4) is 0 Å². The number of carbonyl (C=O) groups excluding carboxylic acids is 1. The smallest absolute Gasteiger partial charge is 0.269 e. The third-order valence-electron chi connectivity index (χ3n) is 3.17. The summed E-state index contributed by atoms with van der Waals surface area (Å²) in [6.07, 6.45) is 8.27. The average Bonchev–Trinajstić information content (AvgIpc) is 2.93. The van der Waals surface area contributed by atoms with Crippen molar-refractivity contribution in [2.24, 2.45) is 16.1 Å². The van der Waals surface area contributed by atoms with Gasteiger partial charge in [0, 0.05) is 13.1 Å². The molecule has 0 aromatic carbocycles. The molecule has 1 aromatic rings. The van der Waals surface area contributed by atoms with E-state index in [1.54, 1.807) is 0 Å². The van der Waals surface area contributed by atoms with Crippen LogP contribution in [0.4, 0.5) is 5.82 Å². The predicted octanol–water partition coefficient (Wildman–Crippen LogP) is 3.19. The molecule has 0 aliphatic carbocycles. The van der Waals surface area contributed by atoms with Crippen molar-refractivity contribution in [3.63, 3.8) is 0 Å². The number of imidazole rings is 1. The Morgan fingerprint density at radius 3 is 2.38 bits per heavy atom. The van der Waals surface area contributed by atoms with E-state index in [1.165, 1.54) is 32.0 Å². The van der Waals surface area contributed by atoms with E-state index in [1.807, 2.05) is 5.01 Å². The van der Waals surface area contributed by atoms with E-state index in [9.17, 15) is 4.79 Å². The molecule has 1 heterocycles. The van der Waals surface area contributed by atoms with Gasteiger partial charge in [0.05, 0.1) is 6.33 Å². The summed E-state index contributed by atoms with van der Waals surface area (Å²) in [5.41, 5.74) is 5.43. The normalized spacial score (nSPS) is 11.1. The van der Waals surface area contributed by atoms with E-state index in [0.717, 1.165) is 25.9 Å². The highest BCUT2D eigenvalue weighted by atomic mass is 16.1. The van der Waals surface area contributed by atoms with Crippen molar-refractivity contribution in [2.75, 3.05) is 13.1 Å². The molecule has 0 saturated carbocycles. The molecule has 118 valence electrons. The van der Waals surface area contributed by atoms with Gasteiger partial charge in [-0.25, -0.2) is 4.98 Å². The summed E-state index contributed by atoms with van der Waals surface area (Å²) >= 11 is 0. The zero-order valence-corrected chi connectivity index (χ0v) is 13.0. The molecule has 0 aliphatic rings. The largest absolute Gasteiger partial charge is 0.364 e. The number of primary amides is 1. The number of carbonyl (C=O) groups is 1. The molecule has 0 spiro atoms. The first-order valence-electron chi connectivity index (χ1n) is 7.68. The molecule has 0 aliphatic heterocycles. The van der Waals surface area contributed by atoms with Crippen LogP contribution in [0.2, 0.25) is 0 Å². The van der Waals surface area contributed by atoms with Gasteiger partial charge < -0.3 is 10.7 Å². The van der Waals surface area contributed by atoms with E-state index in [4.69, 9.17) is 5.73 Å². The number of amides is 1. The Labute approximate surface area is 126 Å². The van der Waals surface area contributed by atoms with Crippen LogP contribution in [0.15, 0.2) is 16.7 Å². The summed E-state index contributed by atoms with van der Waals surface area (Å²) in [5.74, 6) is -0.330. The molecule has 3 N–H and O–H groups in total. The van der Waals surface area contributed by atoms with Crippen LogP contribution < -0.4 is 5.73 Å². The third kappa shape index (κ3) is 6.37. The highest BCUT2D eigenvalue weighted by molar-refractivity contribution is 5.94. The maximum Gasteiger partial charge on any atom is 0.269 e. The lowest BCUT2D eigenvalue weighted by atomic mass is 10.2. The zero-order valence-electron chi connectivity index (χ0n) is 13.0. The number of aromatic nitrogens is 2. The van der Waals surface area contributed by atoms with E-state index in [-0.39, 0.29) is 11.5 Å². The van der Waals surface area contributed by atoms with Gasteiger partial charge in [-0.1, -0.05) is 44.8 Å². The van der Waals surface area contributed by atoms with Crippen molar-refractivity contribution in [1.29, 1.82) is 0 Å². The summed E-state index contributed by atoms with van der Waals surface area (Å²) in [6.45, 7) is 6.09. The molecule has 1 amide bonds. The van der Waals surface area contributed by atoms with Gasteiger partial charge in [0.1, 0.15) is 0 Å². The number of unbranched alkanes of at least 4 members (excludes halogenated alkanes) is 4. The van der Waals surface area contributed by atoms with E-state index in [0.29, 0.717) is 0 Å². The first-order valence-corrected chi connectivity index (χ1v) is 7.68. The summed E-state index contributed by atoms with van der Waals surface area (Å²) in [4.78, 5) is 17.8. The standard InChI is InChI=1S/C14H26N6O/c1-3-5-7-9-20(10-8-6-4-2)19-18-14-12(13(15)21)16-11-17-14/h11H,3-10H2,1-2H3,(H2,15,21)(H,16,17)/b19-18+. The summed E-state index contributed by atoms with van der Waals surface area (Å²) < 4.78 is 0. The van der Waals surface area contributed by atoms with Crippen molar-refractivity contribution in [1.82, 2.24) is 15.0 Å². The molecular weight excluding hydrogens is 268 g/mol. The van der Waals surface area contributed by atoms with Crippen molar-refractivity contribution in [3.8, 4) is 0 Å². The lowest BCUT2D eigenvalue weighted by molar-refractivity contribution is 0.0996. The van der Waals surface area contributed by atoms with Crippen molar-refractivity contribution in [3.05, 3.63) is 12.0 Å². The van der Waals surface area contributed by atoms with Gasteiger partial charge in [0.2, 0.25) is 5.82 Å². The van der Waals surface area contributed by atoms with Crippen molar-refractivity contribution < 1.29 is 4.79 Å². The number of hydrogen-bond acceptors (Lipinski definition) is 4. The quantitative estimate of drug-likeness (QED) is 0.372. The lowest BCUT2D eigenvalue weighted by Crippen LogP contribution is -2.19. The Bertz CT molecular complexity index is 432. The Morgan fingerprint density at radius 1 is 1.24 bits per heavy atom. The highest BCUT2D eigenvalue weighted by Crippen LogP contribution is 2.14. The second-order valence-electron chi connectivity index (χ2n) is 5.02. The van der Waals surface area contributed by atoms with Gasteiger partial charge in [0.15, 0.2) is 5.69 Å². The molecule has 1 aromatic heterocycles. The minimum Gasteiger partial charge on any atom is -0.364 e. The molecule has 21 heavy (non-hydrogen) atoms. The fourth-order valence-electron chi connectivity index (χ4n) is 1.94. The van der Waals surface area contributed by atoms with Gasteiger partial charge in [-0.2, -0.15) is 0 Å². The molecule has 0 unspecified atom stereocenters. The van der Waals surface area contributed by atoms with E-state index < -0.39 is 5.91 Å². The fraction of sp³-hybridized carbons (Fsp3) is 0.714. The van der Waals surface area contributed by atoms with Crippen LogP contribution in [0.25, 0.3) is 0 Å². The average molecular weight is 294 g/mol. The molecular formula is C14H26N6O. The first kappa shape index (κ1) is 17.1. The maximum atomic E-state index is 11.2. The van der Waals surface area contributed by atoms with Gasteiger partial charge in [-0.15, -0.1) is 5.11 Å². The number of nitrogens with two attached hydrogens (primary N) is 1. The molecule has 0 atom stereocenters. The molecule has 0 saturated heterocycles. The zero-order chi connectivity index (χ0) is 15.5. The maximum absolute atomic E-state index is 11.2. The SMILES string of the molecule is CCCCCN(CCCCC)/N=N/c1nc[nH]c1C(N)=O. The number of hydrogen-bond donors (Lipinski definition) is 2. The van der Waals surface area contributed by atoms with Crippen LogP contribution in [0, 0.1) is 0 Å². The van der Waals surface area contributed by atoms with Crippen LogP contribution in [0.1, 0.15) is 62.9 Å². The molecule has 0 bridgehead atoms. The second kappa shape index (κ2) is 9.90. The molecule has 7 nitrogen and oxygen atoms in total. The van der Waals surface area contributed by atoms with Crippen LogP contribution in [0.5, 0.6) is 0 Å². The highest BCUT2D eigenvalue weighted by Gasteiger charge is 2.10. The molecule has 0 fully saturated rings. The molecule has 0 radical (unpaired) electrons. The minimum absolute atomic E-state index is 0.195. The summed E-state index contributed by atoms with van der Waals surface area (Å²) in [5, 5.41) is 10.2. The topological polar surface area (TPSA) is 99.7 Å². The summed E-state index contributed by atoms with van der Waals surface area (Å²) in [7, 11) is 0. The first-order chi connectivity index (χ1) is 10.2. The van der Waals surface area contributed by atoms with Gasteiger partial charge in [-0.3, -0.25) is 9.80 Å². The van der Waals surface area contributed by atoms with E-state index >= 15 is 0 Å². The van der Waals surface area contributed by atoms with Gasteiger partial charge in [0.25, 0.3) is 5.91 Å². The fourth-order valence-corrected chi connectivity index (χ4v) is 1.94. The van der Waals surface area contributed by atoms with Crippen LogP contribution in [-0.4, -0.2) is 34.0 Å². The minimum atomic E-state index is -0.579. The Kier molecular flexibility index (Phi) is 8.08. The van der Waals surface area contributed by atoms with Crippen LogP contribution >= 0.6 is 0 Å². The monoisotopic (exact) mass is 294 g/mol. The third-order valence-corrected chi connectivity index (χ3v) is 3.17. The number of H-pyrrole nitrogens is 1. The number of nitrogens with one attached hydrogen (secondary N) is 1. The predicted molar refractivity (Wildman–Crippen MR) is 82.2 cm³/mol. The molecule has 1 rings (SSSR count). The van der Waals surface area contributed by atoms with Crippen LogP contribution in [-0.2, 0) is 0 Å². The van der Waals surface area contributed by atoms with Gasteiger partial charge >= 0.3 is 0 Å². The number of aromatic amines is 1. The lowest BCUT2D eigenvalue weighted by Gasteiger charge is -2.17. The van der Waals surface area contributed by atoms with Gasteiger partial charge in [-0.05, 0) is 12.8 Å². The second-order valence-corrected chi connectivity index (χ2v) is 5.02. The Hall–Kier alpha value is -1.92. The number of rotatable bonds is 11. The number of nitrogens with zero attached hydrogens (tertiary/aromatic N) is 4. The Morgan fingerprint density at radius 2 is 1.86 bits per heavy atom. The Balaban J connectivity index is 2.62. The van der Waals surface area contributed by atoms with Crippen molar-refractivity contribution in [2.45, 2.75) is 52.4 Å². The summed E-state index contributed by atoms with van der Waals surface area (Å²) in [6, 6.07) is 0. The molecule has 7 heteroatoms. The van der Waals surface area contributed by atoms with Crippen molar-refractivity contribution >= 4 is 11.7 Å².